The van der Waals surface area contributed by atoms with Crippen LogP contribution in [0, 0.1) is 11.3 Å². The molecule has 0 unspecified atom stereocenters. The van der Waals surface area contributed by atoms with Gasteiger partial charge < -0.3 is 10.4 Å². The molecule has 1 fully saturated rings. The highest BCUT2D eigenvalue weighted by Gasteiger charge is 2.37. The smallest absolute Gasteiger partial charge is 0.321 e. The SMILES string of the molecule is N#CC1(c2ccccc2)CCC(N[C@H](Cc2ccccc2)C(=O)O)CC1. The highest BCUT2D eigenvalue weighted by molar-refractivity contribution is 5.74. The Balaban J connectivity index is 1.63. The first kappa shape index (κ1) is 18.2. The van der Waals surface area contributed by atoms with Gasteiger partial charge >= 0.3 is 5.97 Å². The van der Waals surface area contributed by atoms with E-state index in [1.807, 2.05) is 60.7 Å². The maximum Gasteiger partial charge on any atom is 0.321 e. The predicted molar refractivity (Wildman–Crippen MR) is 101 cm³/mol. The van der Waals surface area contributed by atoms with Crippen LogP contribution in [0.25, 0.3) is 0 Å². The van der Waals surface area contributed by atoms with Gasteiger partial charge in [0.2, 0.25) is 0 Å². The Morgan fingerprint density at radius 1 is 1.12 bits per heavy atom. The van der Waals surface area contributed by atoms with Crippen molar-refractivity contribution in [3.8, 4) is 6.07 Å². The van der Waals surface area contributed by atoms with Crippen molar-refractivity contribution in [3.63, 3.8) is 0 Å². The summed E-state index contributed by atoms with van der Waals surface area (Å²) < 4.78 is 0. The number of nitrogens with zero attached hydrogens (tertiary/aromatic N) is 1. The molecule has 0 radical (unpaired) electrons. The molecule has 0 aromatic heterocycles. The van der Waals surface area contributed by atoms with Crippen molar-refractivity contribution in [1.82, 2.24) is 5.32 Å². The van der Waals surface area contributed by atoms with Crippen molar-refractivity contribution in [3.05, 3.63) is 71.8 Å². The average molecular weight is 348 g/mol. The lowest BCUT2D eigenvalue weighted by molar-refractivity contribution is -0.139. The van der Waals surface area contributed by atoms with Gasteiger partial charge in [-0.3, -0.25) is 4.79 Å². The summed E-state index contributed by atoms with van der Waals surface area (Å²) in [4.78, 5) is 11.7. The number of carbonyl (C=O) groups is 1. The van der Waals surface area contributed by atoms with Crippen molar-refractivity contribution >= 4 is 5.97 Å². The minimum absolute atomic E-state index is 0.130. The van der Waals surface area contributed by atoms with E-state index in [0.29, 0.717) is 6.42 Å². The first-order valence-electron chi connectivity index (χ1n) is 9.12. The quantitative estimate of drug-likeness (QED) is 0.835. The number of carboxylic acids is 1. The average Bonchev–Trinajstić information content (AvgIpc) is 2.69. The number of carboxylic acid groups (broad SMARTS) is 1. The van der Waals surface area contributed by atoms with Gasteiger partial charge in [-0.1, -0.05) is 60.7 Å². The fourth-order valence-electron chi connectivity index (χ4n) is 3.85. The number of rotatable bonds is 6. The Hall–Kier alpha value is -2.64. The van der Waals surface area contributed by atoms with Crippen LogP contribution in [0.15, 0.2) is 60.7 Å². The summed E-state index contributed by atoms with van der Waals surface area (Å²) in [6.45, 7) is 0. The lowest BCUT2D eigenvalue weighted by Gasteiger charge is -2.36. The monoisotopic (exact) mass is 348 g/mol. The third kappa shape index (κ3) is 4.12. The molecule has 0 saturated heterocycles. The van der Waals surface area contributed by atoms with E-state index in [0.717, 1.165) is 36.8 Å². The summed E-state index contributed by atoms with van der Waals surface area (Å²) in [5.74, 6) is -0.825. The first-order chi connectivity index (χ1) is 12.6. The minimum atomic E-state index is -0.825. The van der Waals surface area contributed by atoms with E-state index < -0.39 is 17.4 Å². The normalized spacial score (nSPS) is 23.7. The van der Waals surface area contributed by atoms with Crippen molar-refractivity contribution in [2.45, 2.75) is 49.6 Å². The largest absolute Gasteiger partial charge is 0.480 e. The second kappa shape index (κ2) is 8.16. The molecule has 1 atom stereocenters. The van der Waals surface area contributed by atoms with Gasteiger partial charge in [-0.15, -0.1) is 0 Å². The number of aliphatic carboxylic acids is 1. The lowest BCUT2D eigenvalue weighted by Crippen LogP contribution is -2.47. The highest BCUT2D eigenvalue weighted by Crippen LogP contribution is 2.39. The van der Waals surface area contributed by atoms with E-state index in [1.165, 1.54) is 0 Å². The van der Waals surface area contributed by atoms with Crippen molar-refractivity contribution in [2.24, 2.45) is 0 Å². The molecule has 0 heterocycles. The summed E-state index contributed by atoms with van der Waals surface area (Å²) in [6, 6.07) is 21.7. The maximum atomic E-state index is 11.7. The molecule has 2 N–H and O–H groups in total. The van der Waals surface area contributed by atoms with E-state index in [1.54, 1.807) is 0 Å². The van der Waals surface area contributed by atoms with Gasteiger partial charge in [0.15, 0.2) is 0 Å². The third-order valence-electron chi connectivity index (χ3n) is 5.40. The summed E-state index contributed by atoms with van der Waals surface area (Å²) >= 11 is 0. The molecule has 26 heavy (non-hydrogen) atoms. The Kier molecular flexibility index (Phi) is 5.70. The molecule has 3 rings (SSSR count). The van der Waals surface area contributed by atoms with Crippen molar-refractivity contribution in [2.75, 3.05) is 0 Å². The van der Waals surface area contributed by atoms with Crippen LogP contribution in [0.2, 0.25) is 0 Å². The van der Waals surface area contributed by atoms with E-state index >= 15 is 0 Å². The third-order valence-corrected chi connectivity index (χ3v) is 5.40. The van der Waals surface area contributed by atoms with Crippen LogP contribution < -0.4 is 5.32 Å². The van der Waals surface area contributed by atoms with E-state index in [9.17, 15) is 15.2 Å². The van der Waals surface area contributed by atoms with Crippen LogP contribution in [0.4, 0.5) is 0 Å². The van der Waals surface area contributed by atoms with Crippen molar-refractivity contribution in [1.29, 1.82) is 5.26 Å². The zero-order valence-electron chi connectivity index (χ0n) is 14.8. The molecular weight excluding hydrogens is 324 g/mol. The maximum absolute atomic E-state index is 11.7. The Morgan fingerprint density at radius 2 is 1.69 bits per heavy atom. The molecule has 0 aliphatic heterocycles. The minimum Gasteiger partial charge on any atom is -0.480 e. The van der Waals surface area contributed by atoms with E-state index in [-0.39, 0.29) is 6.04 Å². The van der Waals surface area contributed by atoms with Crippen LogP contribution in [0.3, 0.4) is 0 Å². The molecule has 0 spiro atoms. The van der Waals surface area contributed by atoms with Gasteiger partial charge in [-0.2, -0.15) is 5.26 Å². The molecule has 134 valence electrons. The highest BCUT2D eigenvalue weighted by atomic mass is 16.4. The summed E-state index contributed by atoms with van der Waals surface area (Å²) in [5, 5.41) is 22.7. The zero-order valence-corrected chi connectivity index (χ0v) is 14.8. The van der Waals surface area contributed by atoms with Crippen LogP contribution in [0.5, 0.6) is 0 Å². The topological polar surface area (TPSA) is 73.1 Å². The number of nitriles is 1. The second-order valence-corrected chi connectivity index (χ2v) is 7.08. The van der Waals surface area contributed by atoms with Gasteiger partial charge in [0, 0.05) is 6.04 Å². The summed E-state index contributed by atoms with van der Waals surface area (Å²) in [7, 11) is 0. The van der Waals surface area contributed by atoms with E-state index in [2.05, 4.69) is 11.4 Å². The standard InChI is InChI=1S/C22H24N2O2/c23-16-22(18-9-5-2-6-10-18)13-11-19(12-14-22)24-20(21(25)26)15-17-7-3-1-4-8-17/h1-10,19-20,24H,11-15H2,(H,25,26)/t19?,20-,22?/m1/s1. The summed E-state index contributed by atoms with van der Waals surface area (Å²) in [6.07, 6.45) is 3.59. The fourth-order valence-corrected chi connectivity index (χ4v) is 3.85. The number of benzene rings is 2. The molecule has 2 aromatic rings. The number of hydrogen-bond acceptors (Lipinski definition) is 3. The van der Waals surface area contributed by atoms with Gasteiger partial charge in [-0.05, 0) is 43.2 Å². The first-order valence-corrected chi connectivity index (χ1v) is 9.12. The van der Waals surface area contributed by atoms with Crippen molar-refractivity contribution < 1.29 is 9.90 Å². The Morgan fingerprint density at radius 3 is 2.23 bits per heavy atom. The number of hydrogen-bond donors (Lipinski definition) is 2. The van der Waals surface area contributed by atoms with Gasteiger partial charge in [0.25, 0.3) is 0 Å². The predicted octanol–water partition coefficient (Wildman–Crippen LogP) is 3.68. The van der Waals surface area contributed by atoms with Crippen LogP contribution in [-0.2, 0) is 16.6 Å². The lowest BCUT2D eigenvalue weighted by atomic mass is 9.69. The molecule has 4 heteroatoms. The molecule has 0 amide bonds. The molecular formula is C22H24N2O2. The zero-order chi connectivity index (χ0) is 18.4. The molecule has 1 aliphatic rings. The molecule has 4 nitrogen and oxygen atoms in total. The van der Waals surface area contributed by atoms with Crippen LogP contribution >= 0.6 is 0 Å². The molecule has 1 saturated carbocycles. The van der Waals surface area contributed by atoms with E-state index in [4.69, 9.17) is 0 Å². The second-order valence-electron chi connectivity index (χ2n) is 7.08. The van der Waals surface area contributed by atoms with Crippen LogP contribution in [0.1, 0.15) is 36.8 Å². The Bertz CT molecular complexity index is 760. The van der Waals surface area contributed by atoms with Crippen LogP contribution in [-0.4, -0.2) is 23.2 Å². The number of nitrogens with one attached hydrogen (secondary N) is 1. The molecule has 2 aromatic carbocycles. The van der Waals surface area contributed by atoms with Gasteiger partial charge in [0.1, 0.15) is 6.04 Å². The van der Waals surface area contributed by atoms with Gasteiger partial charge in [-0.25, -0.2) is 0 Å². The molecule has 0 bridgehead atoms. The molecule has 1 aliphatic carbocycles. The fraction of sp³-hybridized carbons (Fsp3) is 0.364. The Labute approximate surface area is 154 Å². The van der Waals surface area contributed by atoms with Gasteiger partial charge in [0.05, 0.1) is 11.5 Å². The summed E-state index contributed by atoms with van der Waals surface area (Å²) in [5.41, 5.74) is 1.64.